The Bertz CT molecular complexity index is 817. The minimum Gasteiger partial charge on any atom is -0.383 e. The number of aryl methyl sites for hydroxylation is 1. The molecule has 2 aromatic carbocycles. The second-order valence-corrected chi connectivity index (χ2v) is 7.11. The Labute approximate surface area is 148 Å². The first-order chi connectivity index (χ1) is 12.0. The molecule has 0 bridgehead atoms. The average molecular weight is 362 g/mol. The van der Waals surface area contributed by atoms with Gasteiger partial charge in [-0.05, 0) is 42.3 Å². The molecule has 7 heteroatoms. The maximum absolute atomic E-state index is 12.5. The summed E-state index contributed by atoms with van der Waals surface area (Å²) in [6.45, 7) is 2.77. The fourth-order valence-electron chi connectivity index (χ4n) is 2.20. The van der Waals surface area contributed by atoms with Crippen molar-refractivity contribution in [3.05, 3.63) is 59.7 Å². The van der Waals surface area contributed by atoms with Crippen molar-refractivity contribution in [1.29, 1.82) is 0 Å². The number of rotatable bonds is 8. The third kappa shape index (κ3) is 5.30. The van der Waals surface area contributed by atoms with E-state index in [2.05, 4.69) is 10.0 Å². The summed E-state index contributed by atoms with van der Waals surface area (Å²) >= 11 is 0. The minimum atomic E-state index is -3.77. The van der Waals surface area contributed by atoms with Crippen molar-refractivity contribution >= 4 is 21.6 Å². The van der Waals surface area contributed by atoms with Crippen molar-refractivity contribution in [3.63, 3.8) is 0 Å². The molecule has 0 radical (unpaired) electrons. The zero-order valence-corrected chi connectivity index (χ0v) is 15.1. The smallest absolute Gasteiger partial charge is 0.261 e. The summed E-state index contributed by atoms with van der Waals surface area (Å²) in [5, 5.41) is 2.66. The summed E-state index contributed by atoms with van der Waals surface area (Å²) in [5.74, 6) is -0.346. The highest BCUT2D eigenvalue weighted by Crippen LogP contribution is 2.18. The third-order valence-corrected chi connectivity index (χ3v) is 4.99. The highest BCUT2D eigenvalue weighted by Gasteiger charge is 2.16. The summed E-state index contributed by atoms with van der Waals surface area (Å²) in [6.07, 6.45) is 0.882. The van der Waals surface area contributed by atoms with Crippen LogP contribution in [0.25, 0.3) is 0 Å². The highest BCUT2D eigenvalue weighted by molar-refractivity contribution is 7.92. The van der Waals surface area contributed by atoms with Crippen LogP contribution in [0.1, 0.15) is 22.8 Å². The van der Waals surface area contributed by atoms with E-state index in [1.165, 1.54) is 19.2 Å². The van der Waals surface area contributed by atoms with Crippen molar-refractivity contribution in [2.45, 2.75) is 18.2 Å². The molecule has 0 saturated carbocycles. The van der Waals surface area contributed by atoms with Gasteiger partial charge in [-0.3, -0.25) is 9.52 Å². The number of sulfonamides is 1. The largest absolute Gasteiger partial charge is 0.383 e. The third-order valence-electron chi connectivity index (χ3n) is 3.61. The molecule has 0 saturated heterocycles. The van der Waals surface area contributed by atoms with Crippen LogP contribution in [0.4, 0.5) is 5.69 Å². The zero-order valence-electron chi connectivity index (χ0n) is 14.3. The van der Waals surface area contributed by atoms with Gasteiger partial charge in [0.15, 0.2) is 0 Å². The van der Waals surface area contributed by atoms with Crippen molar-refractivity contribution in [3.8, 4) is 0 Å². The highest BCUT2D eigenvalue weighted by atomic mass is 32.2. The van der Waals surface area contributed by atoms with E-state index >= 15 is 0 Å². The van der Waals surface area contributed by atoms with E-state index in [-0.39, 0.29) is 16.4 Å². The first-order valence-electron chi connectivity index (χ1n) is 7.95. The molecular formula is C18H22N2O4S. The van der Waals surface area contributed by atoms with Gasteiger partial charge in [-0.2, -0.15) is 0 Å². The Morgan fingerprint density at radius 3 is 2.48 bits per heavy atom. The Morgan fingerprint density at radius 2 is 1.84 bits per heavy atom. The van der Waals surface area contributed by atoms with Gasteiger partial charge in [0.2, 0.25) is 0 Å². The summed E-state index contributed by atoms with van der Waals surface area (Å²) < 4.78 is 32.4. The Balaban J connectivity index is 2.15. The number of methoxy groups -OCH3 is 1. The van der Waals surface area contributed by atoms with Crippen LogP contribution in [0.3, 0.4) is 0 Å². The van der Waals surface area contributed by atoms with E-state index < -0.39 is 10.0 Å². The van der Waals surface area contributed by atoms with Gasteiger partial charge in [-0.15, -0.1) is 0 Å². The van der Waals surface area contributed by atoms with Gasteiger partial charge in [0.1, 0.15) is 0 Å². The predicted octanol–water partition coefficient (Wildman–Crippen LogP) is 2.43. The molecule has 2 N–H and O–H groups in total. The molecule has 0 heterocycles. The fourth-order valence-corrected chi connectivity index (χ4v) is 3.30. The van der Waals surface area contributed by atoms with Crippen LogP contribution in [0, 0.1) is 0 Å². The molecule has 1 amide bonds. The second kappa shape index (κ2) is 8.64. The number of carbonyl (C=O) groups is 1. The molecule has 2 aromatic rings. The first kappa shape index (κ1) is 19.0. The number of benzene rings is 2. The Kier molecular flexibility index (Phi) is 6.55. The number of carbonyl (C=O) groups excluding carboxylic acids is 1. The molecule has 0 spiro atoms. The zero-order chi connectivity index (χ0) is 18.3. The SMILES string of the molecule is CCc1ccc(NS(=O)(=O)c2cccc(C(=O)NCCOC)c2)cc1. The number of amides is 1. The van der Waals surface area contributed by atoms with Gasteiger partial charge in [0, 0.05) is 24.9 Å². The van der Waals surface area contributed by atoms with Gasteiger partial charge < -0.3 is 10.1 Å². The lowest BCUT2D eigenvalue weighted by atomic mass is 10.2. The second-order valence-electron chi connectivity index (χ2n) is 5.43. The monoisotopic (exact) mass is 362 g/mol. The van der Waals surface area contributed by atoms with Crippen LogP contribution in [0.2, 0.25) is 0 Å². The van der Waals surface area contributed by atoms with E-state index in [0.29, 0.717) is 18.8 Å². The standard InChI is InChI=1S/C18H22N2O4S/c1-3-14-7-9-16(10-8-14)20-25(22,23)17-6-4-5-15(13-17)18(21)19-11-12-24-2/h4-10,13,20H,3,11-12H2,1-2H3,(H,19,21). The molecule has 134 valence electrons. The topological polar surface area (TPSA) is 84.5 Å². The molecule has 0 fully saturated rings. The number of hydrogen-bond donors (Lipinski definition) is 2. The molecule has 25 heavy (non-hydrogen) atoms. The van der Waals surface area contributed by atoms with Crippen LogP contribution in [0.5, 0.6) is 0 Å². The number of ether oxygens (including phenoxy) is 1. The van der Waals surface area contributed by atoms with E-state index in [1.807, 2.05) is 19.1 Å². The van der Waals surface area contributed by atoms with E-state index in [4.69, 9.17) is 4.74 Å². The lowest BCUT2D eigenvalue weighted by Gasteiger charge is -2.10. The van der Waals surface area contributed by atoms with Gasteiger partial charge in [0.05, 0.1) is 11.5 Å². The van der Waals surface area contributed by atoms with Crippen LogP contribution >= 0.6 is 0 Å². The van der Waals surface area contributed by atoms with Gasteiger partial charge in [0.25, 0.3) is 15.9 Å². The van der Waals surface area contributed by atoms with Crippen molar-refractivity contribution in [2.24, 2.45) is 0 Å². The normalized spacial score (nSPS) is 11.1. The fraction of sp³-hybridized carbons (Fsp3) is 0.278. The van der Waals surface area contributed by atoms with E-state index in [1.54, 1.807) is 24.3 Å². The molecule has 0 unspecified atom stereocenters. The molecule has 0 atom stereocenters. The predicted molar refractivity (Wildman–Crippen MR) is 97.3 cm³/mol. The van der Waals surface area contributed by atoms with Gasteiger partial charge in [-0.1, -0.05) is 25.1 Å². The van der Waals surface area contributed by atoms with Crippen LogP contribution in [-0.2, 0) is 21.2 Å². The lowest BCUT2D eigenvalue weighted by Crippen LogP contribution is -2.27. The molecule has 0 aliphatic heterocycles. The van der Waals surface area contributed by atoms with Gasteiger partial charge >= 0.3 is 0 Å². The van der Waals surface area contributed by atoms with Gasteiger partial charge in [-0.25, -0.2) is 8.42 Å². The number of nitrogens with one attached hydrogen (secondary N) is 2. The average Bonchev–Trinajstić information content (AvgIpc) is 2.62. The molecule has 2 rings (SSSR count). The quantitative estimate of drug-likeness (QED) is 0.707. The summed E-state index contributed by atoms with van der Waals surface area (Å²) in [5.41, 5.74) is 1.88. The summed E-state index contributed by atoms with van der Waals surface area (Å²) in [7, 11) is -2.23. The Morgan fingerprint density at radius 1 is 1.12 bits per heavy atom. The molecule has 0 aromatic heterocycles. The number of hydrogen-bond acceptors (Lipinski definition) is 4. The molecule has 0 aliphatic rings. The van der Waals surface area contributed by atoms with E-state index in [9.17, 15) is 13.2 Å². The van der Waals surface area contributed by atoms with E-state index in [0.717, 1.165) is 12.0 Å². The summed E-state index contributed by atoms with van der Waals surface area (Å²) in [6, 6.07) is 13.1. The molecule has 6 nitrogen and oxygen atoms in total. The number of anilines is 1. The van der Waals surface area contributed by atoms with Crippen LogP contribution in [-0.4, -0.2) is 34.6 Å². The van der Waals surface area contributed by atoms with Crippen LogP contribution in [0.15, 0.2) is 53.4 Å². The molecular weight excluding hydrogens is 340 g/mol. The first-order valence-corrected chi connectivity index (χ1v) is 9.43. The lowest BCUT2D eigenvalue weighted by molar-refractivity contribution is 0.0937. The maximum Gasteiger partial charge on any atom is 0.261 e. The summed E-state index contributed by atoms with van der Waals surface area (Å²) in [4.78, 5) is 12.1. The maximum atomic E-state index is 12.5. The molecule has 0 aliphatic carbocycles. The van der Waals surface area contributed by atoms with Crippen LogP contribution < -0.4 is 10.0 Å². The minimum absolute atomic E-state index is 0.0338. The van der Waals surface area contributed by atoms with Crippen molar-refractivity contribution in [1.82, 2.24) is 5.32 Å². The Hall–Kier alpha value is -2.38. The van der Waals surface area contributed by atoms with Crippen molar-refractivity contribution < 1.29 is 17.9 Å². The van der Waals surface area contributed by atoms with Crippen molar-refractivity contribution in [2.75, 3.05) is 25.0 Å².